The summed E-state index contributed by atoms with van der Waals surface area (Å²) in [6.45, 7) is 5.58. The second-order valence-electron chi connectivity index (χ2n) is 3.77. The maximum atomic E-state index is 11.1. The summed E-state index contributed by atoms with van der Waals surface area (Å²) in [4.78, 5) is 12.9. The van der Waals surface area contributed by atoms with E-state index in [1.54, 1.807) is 0 Å². The van der Waals surface area contributed by atoms with Gasteiger partial charge < -0.3 is 10.2 Å². The van der Waals surface area contributed by atoms with E-state index < -0.39 is 0 Å². The lowest BCUT2D eigenvalue weighted by Gasteiger charge is -2.10. The SMILES string of the molecule is CC(C)CCNC(=O)CN(C)C. The first-order valence-electron chi connectivity index (χ1n) is 4.43. The first kappa shape index (κ1) is 11.4. The van der Waals surface area contributed by atoms with Gasteiger partial charge in [-0.1, -0.05) is 13.8 Å². The number of hydrogen-bond donors (Lipinski definition) is 1. The van der Waals surface area contributed by atoms with E-state index in [0.717, 1.165) is 13.0 Å². The molecule has 1 amide bonds. The fourth-order valence-corrected chi connectivity index (χ4v) is 0.843. The van der Waals surface area contributed by atoms with Gasteiger partial charge in [0.2, 0.25) is 5.91 Å². The minimum absolute atomic E-state index is 0.112. The van der Waals surface area contributed by atoms with Crippen molar-refractivity contribution in [2.24, 2.45) is 5.92 Å². The smallest absolute Gasteiger partial charge is 0.234 e. The van der Waals surface area contributed by atoms with Crippen molar-refractivity contribution in [1.29, 1.82) is 0 Å². The van der Waals surface area contributed by atoms with Crippen LogP contribution in [-0.4, -0.2) is 38.0 Å². The Morgan fingerprint density at radius 2 is 2.00 bits per heavy atom. The molecule has 0 saturated heterocycles. The Kier molecular flexibility index (Phi) is 5.72. The topological polar surface area (TPSA) is 32.3 Å². The zero-order valence-corrected chi connectivity index (χ0v) is 8.55. The van der Waals surface area contributed by atoms with E-state index in [-0.39, 0.29) is 5.91 Å². The molecule has 0 rings (SSSR count). The molecule has 0 heterocycles. The molecule has 0 unspecified atom stereocenters. The van der Waals surface area contributed by atoms with Crippen LogP contribution in [0.4, 0.5) is 0 Å². The number of hydrogen-bond acceptors (Lipinski definition) is 2. The predicted octanol–water partition coefficient (Wildman–Crippen LogP) is 0.710. The van der Waals surface area contributed by atoms with Crippen LogP contribution in [0.3, 0.4) is 0 Å². The van der Waals surface area contributed by atoms with E-state index >= 15 is 0 Å². The van der Waals surface area contributed by atoms with Crippen LogP contribution in [0.2, 0.25) is 0 Å². The molecule has 12 heavy (non-hydrogen) atoms. The number of rotatable bonds is 5. The fourth-order valence-electron chi connectivity index (χ4n) is 0.843. The lowest BCUT2D eigenvalue weighted by molar-refractivity contribution is -0.121. The lowest BCUT2D eigenvalue weighted by Crippen LogP contribution is -2.34. The Hall–Kier alpha value is -0.570. The summed E-state index contributed by atoms with van der Waals surface area (Å²) in [6, 6.07) is 0. The molecule has 0 atom stereocenters. The van der Waals surface area contributed by atoms with Gasteiger partial charge in [0, 0.05) is 6.54 Å². The quantitative estimate of drug-likeness (QED) is 0.662. The van der Waals surface area contributed by atoms with E-state index in [2.05, 4.69) is 19.2 Å². The number of likely N-dealkylation sites (N-methyl/N-ethyl adjacent to an activating group) is 1. The molecule has 1 N–H and O–H groups in total. The number of nitrogens with zero attached hydrogens (tertiary/aromatic N) is 1. The lowest BCUT2D eigenvalue weighted by atomic mass is 10.1. The molecule has 0 aliphatic carbocycles. The molecular weight excluding hydrogens is 152 g/mol. The Morgan fingerprint density at radius 1 is 1.42 bits per heavy atom. The van der Waals surface area contributed by atoms with Crippen LogP contribution in [-0.2, 0) is 4.79 Å². The Labute approximate surface area is 75.1 Å². The van der Waals surface area contributed by atoms with Gasteiger partial charge in [0.05, 0.1) is 6.54 Å². The van der Waals surface area contributed by atoms with Crippen LogP contribution in [0, 0.1) is 5.92 Å². The van der Waals surface area contributed by atoms with Crippen LogP contribution < -0.4 is 5.32 Å². The van der Waals surface area contributed by atoms with Gasteiger partial charge in [0.15, 0.2) is 0 Å². The molecule has 0 radical (unpaired) electrons. The maximum absolute atomic E-state index is 11.1. The largest absolute Gasteiger partial charge is 0.355 e. The van der Waals surface area contributed by atoms with Crippen LogP contribution >= 0.6 is 0 Å². The van der Waals surface area contributed by atoms with Crippen LogP contribution in [0.25, 0.3) is 0 Å². The Balaban J connectivity index is 3.32. The van der Waals surface area contributed by atoms with Gasteiger partial charge in [0.25, 0.3) is 0 Å². The Bertz CT molecular complexity index is 132. The minimum atomic E-state index is 0.112. The summed E-state index contributed by atoms with van der Waals surface area (Å²) in [6.07, 6.45) is 1.05. The Morgan fingerprint density at radius 3 is 2.42 bits per heavy atom. The highest BCUT2D eigenvalue weighted by Gasteiger charge is 2.01. The van der Waals surface area contributed by atoms with Crippen molar-refractivity contribution < 1.29 is 4.79 Å². The predicted molar refractivity (Wildman–Crippen MR) is 51.0 cm³/mol. The molecule has 0 spiro atoms. The van der Waals surface area contributed by atoms with Gasteiger partial charge >= 0.3 is 0 Å². The summed E-state index contributed by atoms with van der Waals surface area (Å²) in [5.74, 6) is 0.769. The highest BCUT2D eigenvalue weighted by Crippen LogP contribution is 1.95. The van der Waals surface area contributed by atoms with Crippen molar-refractivity contribution in [2.45, 2.75) is 20.3 Å². The first-order chi connectivity index (χ1) is 5.52. The molecule has 0 aliphatic heterocycles. The third kappa shape index (κ3) is 7.54. The highest BCUT2D eigenvalue weighted by molar-refractivity contribution is 5.77. The number of nitrogens with one attached hydrogen (secondary N) is 1. The second-order valence-corrected chi connectivity index (χ2v) is 3.77. The normalized spacial score (nSPS) is 10.8. The molecule has 0 bridgehead atoms. The fraction of sp³-hybridized carbons (Fsp3) is 0.889. The van der Waals surface area contributed by atoms with Crippen molar-refractivity contribution in [3.63, 3.8) is 0 Å². The number of carbonyl (C=O) groups excluding carboxylic acids is 1. The summed E-state index contributed by atoms with van der Waals surface area (Å²) < 4.78 is 0. The van der Waals surface area contributed by atoms with Gasteiger partial charge in [-0.15, -0.1) is 0 Å². The van der Waals surface area contributed by atoms with Crippen molar-refractivity contribution in [2.75, 3.05) is 27.2 Å². The molecule has 3 heteroatoms. The molecule has 0 aromatic rings. The van der Waals surface area contributed by atoms with E-state index in [4.69, 9.17) is 0 Å². The van der Waals surface area contributed by atoms with Crippen LogP contribution in [0.1, 0.15) is 20.3 Å². The molecule has 0 aromatic carbocycles. The molecule has 72 valence electrons. The second kappa shape index (κ2) is 6.00. The van der Waals surface area contributed by atoms with Crippen molar-refractivity contribution in [1.82, 2.24) is 10.2 Å². The van der Waals surface area contributed by atoms with Crippen molar-refractivity contribution in [3.8, 4) is 0 Å². The standard InChI is InChI=1S/C9H20N2O/c1-8(2)5-6-10-9(12)7-11(3)4/h8H,5-7H2,1-4H3,(H,10,12). The van der Waals surface area contributed by atoms with E-state index in [9.17, 15) is 4.79 Å². The monoisotopic (exact) mass is 172 g/mol. The first-order valence-corrected chi connectivity index (χ1v) is 4.43. The molecular formula is C9H20N2O. The van der Waals surface area contributed by atoms with Crippen LogP contribution in [0.5, 0.6) is 0 Å². The highest BCUT2D eigenvalue weighted by atomic mass is 16.1. The molecule has 0 saturated carbocycles. The molecule has 0 aliphatic rings. The molecule has 3 nitrogen and oxygen atoms in total. The summed E-state index contributed by atoms with van der Waals surface area (Å²) in [7, 11) is 3.78. The number of amides is 1. The summed E-state index contributed by atoms with van der Waals surface area (Å²) >= 11 is 0. The van der Waals surface area contributed by atoms with Crippen LogP contribution in [0.15, 0.2) is 0 Å². The molecule has 0 aromatic heterocycles. The van der Waals surface area contributed by atoms with Gasteiger partial charge in [-0.3, -0.25) is 4.79 Å². The zero-order chi connectivity index (χ0) is 9.56. The summed E-state index contributed by atoms with van der Waals surface area (Å²) in [5.41, 5.74) is 0. The van der Waals surface area contributed by atoms with E-state index in [1.807, 2.05) is 19.0 Å². The van der Waals surface area contributed by atoms with Crippen molar-refractivity contribution in [3.05, 3.63) is 0 Å². The van der Waals surface area contributed by atoms with E-state index in [1.165, 1.54) is 0 Å². The van der Waals surface area contributed by atoms with Gasteiger partial charge in [-0.25, -0.2) is 0 Å². The van der Waals surface area contributed by atoms with Gasteiger partial charge in [-0.2, -0.15) is 0 Å². The average Bonchev–Trinajstić information content (AvgIpc) is 1.84. The summed E-state index contributed by atoms with van der Waals surface area (Å²) in [5, 5.41) is 2.86. The zero-order valence-electron chi connectivity index (χ0n) is 8.55. The number of carbonyl (C=O) groups is 1. The van der Waals surface area contributed by atoms with E-state index in [0.29, 0.717) is 12.5 Å². The molecule has 0 fully saturated rings. The van der Waals surface area contributed by atoms with Crippen molar-refractivity contribution >= 4 is 5.91 Å². The average molecular weight is 172 g/mol. The van der Waals surface area contributed by atoms with Gasteiger partial charge in [-0.05, 0) is 26.4 Å². The minimum Gasteiger partial charge on any atom is -0.355 e. The third-order valence-corrected chi connectivity index (χ3v) is 1.50. The maximum Gasteiger partial charge on any atom is 0.234 e. The third-order valence-electron chi connectivity index (χ3n) is 1.50. The van der Waals surface area contributed by atoms with Gasteiger partial charge in [0.1, 0.15) is 0 Å².